The first-order valence-electron chi connectivity index (χ1n) is 4.78. The summed E-state index contributed by atoms with van der Waals surface area (Å²) < 4.78 is 12.9. The van der Waals surface area contributed by atoms with Crippen molar-refractivity contribution in [3.8, 4) is 0 Å². The Morgan fingerprint density at radius 2 is 2.33 bits per heavy atom. The van der Waals surface area contributed by atoms with Crippen LogP contribution < -0.4 is 5.32 Å². The Morgan fingerprint density at radius 3 is 2.93 bits per heavy atom. The minimum absolute atomic E-state index is 0.282. The van der Waals surface area contributed by atoms with Crippen LogP contribution in [0.25, 0.3) is 0 Å². The van der Waals surface area contributed by atoms with Gasteiger partial charge in [-0.05, 0) is 24.6 Å². The molecule has 0 unspecified atom stereocenters. The summed E-state index contributed by atoms with van der Waals surface area (Å²) in [5.74, 6) is 0.192. The van der Waals surface area contributed by atoms with Crippen LogP contribution in [-0.2, 0) is 0 Å². The van der Waals surface area contributed by atoms with Gasteiger partial charge in [-0.2, -0.15) is 0 Å². The molecule has 0 amide bonds. The summed E-state index contributed by atoms with van der Waals surface area (Å²) in [6.45, 7) is 1.99. The number of anilines is 1. The van der Waals surface area contributed by atoms with Crippen molar-refractivity contribution in [2.24, 2.45) is 9.98 Å². The lowest BCUT2D eigenvalue weighted by Crippen LogP contribution is -2.09. The number of hydrogen-bond donors (Lipinski definition) is 1. The summed E-state index contributed by atoms with van der Waals surface area (Å²) in [5.41, 5.74) is 0.642. The molecule has 0 heterocycles. The molecule has 1 aromatic rings. The predicted molar refractivity (Wildman–Crippen MR) is 62.2 cm³/mol. The van der Waals surface area contributed by atoms with Gasteiger partial charge in [-0.25, -0.2) is 9.38 Å². The maximum Gasteiger partial charge on any atom is 0.221 e. The number of benzene rings is 1. The molecule has 0 atom stereocenters. The Balaban J connectivity index is 2.72. The number of nitrogens with one attached hydrogen (secondary N) is 1. The van der Waals surface area contributed by atoms with Gasteiger partial charge >= 0.3 is 0 Å². The lowest BCUT2D eigenvalue weighted by molar-refractivity contribution is 0.628. The summed E-state index contributed by atoms with van der Waals surface area (Å²) >= 11 is 0. The van der Waals surface area contributed by atoms with Crippen LogP contribution in [0, 0.1) is 5.82 Å². The van der Waals surface area contributed by atoms with Gasteiger partial charge in [0.2, 0.25) is 5.96 Å². The van der Waals surface area contributed by atoms with Crippen LogP contribution in [0.5, 0.6) is 0 Å². The molecule has 1 N–H and O–H groups in total. The average molecular weight is 207 g/mol. The fourth-order valence-corrected chi connectivity index (χ4v) is 1.02. The highest BCUT2D eigenvalue weighted by Crippen LogP contribution is 2.09. The number of aliphatic imine (C=N–C) groups is 2. The van der Waals surface area contributed by atoms with Crippen molar-refractivity contribution in [1.29, 1.82) is 0 Å². The molecule has 0 fully saturated rings. The lowest BCUT2D eigenvalue weighted by atomic mass is 10.3. The summed E-state index contributed by atoms with van der Waals surface area (Å²) in [7, 11) is 1.63. The highest BCUT2D eigenvalue weighted by atomic mass is 19.1. The molecule has 0 saturated carbocycles. The van der Waals surface area contributed by atoms with E-state index in [-0.39, 0.29) is 5.82 Å². The first-order valence-corrected chi connectivity index (χ1v) is 4.78. The van der Waals surface area contributed by atoms with Crippen LogP contribution in [0.3, 0.4) is 0 Å². The van der Waals surface area contributed by atoms with E-state index in [2.05, 4.69) is 15.3 Å². The summed E-state index contributed by atoms with van der Waals surface area (Å²) in [6.07, 6.45) is 2.58. The number of nitrogens with zero attached hydrogens (tertiary/aromatic N) is 2. The zero-order valence-electron chi connectivity index (χ0n) is 8.87. The Kier molecular flexibility index (Phi) is 4.47. The van der Waals surface area contributed by atoms with Gasteiger partial charge in [0.05, 0.1) is 0 Å². The van der Waals surface area contributed by atoms with Gasteiger partial charge in [0.25, 0.3) is 0 Å². The van der Waals surface area contributed by atoms with E-state index in [0.717, 1.165) is 6.42 Å². The number of halogens is 1. The van der Waals surface area contributed by atoms with Crippen molar-refractivity contribution in [2.75, 3.05) is 12.4 Å². The Labute approximate surface area is 88.8 Å². The van der Waals surface area contributed by atoms with Gasteiger partial charge in [0.1, 0.15) is 5.82 Å². The van der Waals surface area contributed by atoms with Crippen LogP contribution >= 0.6 is 0 Å². The molecule has 0 spiro atoms. The standard InChI is InChI=1S/C11H14FN3/c1-3-7-14-11(13-2)15-10-6-4-5-9(12)8-10/h4-8H,3H2,1-2H3,(H,13,15)/b14-7-. The fourth-order valence-electron chi connectivity index (χ4n) is 1.02. The zero-order valence-corrected chi connectivity index (χ0v) is 8.87. The van der Waals surface area contributed by atoms with Crippen LogP contribution in [0.4, 0.5) is 10.1 Å². The average Bonchev–Trinajstić information content (AvgIpc) is 2.24. The van der Waals surface area contributed by atoms with Crippen molar-refractivity contribution in [1.82, 2.24) is 0 Å². The second-order valence-electron chi connectivity index (χ2n) is 2.90. The number of rotatable bonds is 2. The molecule has 0 bridgehead atoms. The van der Waals surface area contributed by atoms with E-state index >= 15 is 0 Å². The van der Waals surface area contributed by atoms with Crippen molar-refractivity contribution < 1.29 is 4.39 Å². The fraction of sp³-hybridized carbons (Fsp3) is 0.273. The maximum atomic E-state index is 12.9. The van der Waals surface area contributed by atoms with Gasteiger partial charge in [0.15, 0.2) is 0 Å². The first kappa shape index (κ1) is 11.4. The predicted octanol–water partition coefficient (Wildman–Crippen LogP) is 2.70. The molecule has 1 aromatic carbocycles. The van der Waals surface area contributed by atoms with Gasteiger partial charge < -0.3 is 5.32 Å². The molecule has 0 aliphatic rings. The third-order valence-corrected chi connectivity index (χ3v) is 1.69. The van der Waals surface area contributed by atoms with Crippen molar-refractivity contribution in [2.45, 2.75) is 13.3 Å². The highest BCUT2D eigenvalue weighted by molar-refractivity contribution is 5.98. The normalized spacial score (nSPS) is 12.1. The van der Waals surface area contributed by atoms with Crippen LogP contribution in [0.1, 0.15) is 13.3 Å². The van der Waals surface area contributed by atoms with Gasteiger partial charge in [-0.3, -0.25) is 4.99 Å². The molecule has 0 aromatic heterocycles. The van der Waals surface area contributed by atoms with Gasteiger partial charge in [0, 0.05) is 18.9 Å². The lowest BCUT2D eigenvalue weighted by Gasteiger charge is -2.04. The SMILES string of the molecule is CC/C=N\C(=NC)Nc1cccc(F)c1. The molecule has 4 heteroatoms. The van der Waals surface area contributed by atoms with E-state index in [9.17, 15) is 4.39 Å². The molecular formula is C11H14FN3. The monoisotopic (exact) mass is 207 g/mol. The molecular weight excluding hydrogens is 193 g/mol. The quantitative estimate of drug-likeness (QED) is 0.587. The Morgan fingerprint density at radius 1 is 1.53 bits per heavy atom. The molecule has 0 saturated heterocycles. The third kappa shape index (κ3) is 3.89. The van der Waals surface area contributed by atoms with E-state index in [1.807, 2.05) is 6.92 Å². The second-order valence-corrected chi connectivity index (χ2v) is 2.90. The van der Waals surface area contributed by atoms with Gasteiger partial charge in [-0.15, -0.1) is 0 Å². The van der Waals surface area contributed by atoms with Gasteiger partial charge in [-0.1, -0.05) is 13.0 Å². The van der Waals surface area contributed by atoms with E-state index in [1.54, 1.807) is 25.4 Å². The first-order chi connectivity index (χ1) is 7.26. The third-order valence-electron chi connectivity index (χ3n) is 1.69. The maximum absolute atomic E-state index is 12.9. The van der Waals surface area contributed by atoms with E-state index in [0.29, 0.717) is 11.6 Å². The molecule has 0 aliphatic heterocycles. The summed E-state index contributed by atoms with van der Waals surface area (Å²) in [5, 5.41) is 2.92. The Hall–Kier alpha value is -1.71. The summed E-state index contributed by atoms with van der Waals surface area (Å²) in [6, 6.07) is 6.18. The molecule has 1 rings (SSSR count). The molecule has 3 nitrogen and oxygen atoms in total. The molecule has 15 heavy (non-hydrogen) atoms. The topological polar surface area (TPSA) is 36.8 Å². The molecule has 0 aliphatic carbocycles. The number of guanidine groups is 1. The van der Waals surface area contributed by atoms with Crippen molar-refractivity contribution >= 4 is 17.9 Å². The Bertz CT molecular complexity index is 372. The molecule has 80 valence electrons. The van der Waals surface area contributed by atoms with E-state index in [4.69, 9.17) is 0 Å². The second kappa shape index (κ2) is 5.90. The van der Waals surface area contributed by atoms with Crippen LogP contribution in [0.2, 0.25) is 0 Å². The van der Waals surface area contributed by atoms with Crippen LogP contribution in [0.15, 0.2) is 34.3 Å². The van der Waals surface area contributed by atoms with Crippen LogP contribution in [-0.4, -0.2) is 19.2 Å². The van der Waals surface area contributed by atoms with Crippen molar-refractivity contribution in [3.63, 3.8) is 0 Å². The minimum atomic E-state index is -0.282. The van der Waals surface area contributed by atoms with E-state index in [1.165, 1.54) is 12.1 Å². The molecule has 0 radical (unpaired) electrons. The largest absolute Gasteiger partial charge is 0.324 e. The van der Waals surface area contributed by atoms with Crippen molar-refractivity contribution in [3.05, 3.63) is 30.1 Å². The number of hydrogen-bond acceptors (Lipinski definition) is 1. The minimum Gasteiger partial charge on any atom is -0.324 e. The highest BCUT2D eigenvalue weighted by Gasteiger charge is 1.97. The van der Waals surface area contributed by atoms with E-state index < -0.39 is 0 Å². The summed E-state index contributed by atoms with van der Waals surface area (Å²) in [4.78, 5) is 8.01. The zero-order chi connectivity index (χ0) is 11.1. The smallest absolute Gasteiger partial charge is 0.221 e.